The SMILES string of the molecule is CNC(=O)CCCC(=O)N[C@H](C(=O)C[C@@H](CCC(=O)NCCCOCCOCCOCCOC)C(=O)CCc1ccc([C@H]2O[C@@H]2[C@@H](C)[C@@H]2C/C=C/C(=O)N[C@H](Cc3ccc(C)c(Cl)c3)C(=O)NCC(C)(C)C(=O)O[C@@H](CC(C)C)C(=O)O2)cc1)C(C)C. The fourth-order valence-electron chi connectivity index (χ4n) is 9.72. The van der Waals surface area contributed by atoms with Crippen LogP contribution in [0.4, 0.5) is 0 Å². The molecule has 2 heterocycles. The largest absolute Gasteiger partial charge is 0.459 e. The van der Waals surface area contributed by atoms with Crippen molar-refractivity contribution in [3.63, 3.8) is 0 Å². The number of carbonyl (C=O) groups excluding carboxylic acids is 9. The minimum Gasteiger partial charge on any atom is -0.459 e. The molecule has 0 unspecified atom stereocenters. The molecular formula is C65H96ClN5O16. The van der Waals surface area contributed by atoms with E-state index in [9.17, 15) is 43.2 Å². The summed E-state index contributed by atoms with van der Waals surface area (Å²) in [4.78, 5) is 121. The van der Waals surface area contributed by atoms with Gasteiger partial charge in [0.15, 0.2) is 11.9 Å². The number of Topliss-reactive ketones (excluding diaryl/α,β-unsaturated/α-hetero) is 2. The lowest BCUT2D eigenvalue weighted by Crippen LogP contribution is -2.51. The second kappa shape index (κ2) is 38.3. The number of hydrogen-bond acceptors (Lipinski definition) is 16. The molecule has 0 radical (unpaired) electrons. The minimum absolute atomic E-state index is 0.000560. The molecule has 2 aliphatic rings. The first-order valence-corrected chi connectivity index (χ1v) is 31.0. The molecule has 2 aromatic carbocycles. The van der Waals surface area contributed by atoms with Crippen LogP contribution in [-0.2, 0) is 89.2 Å². The van der Waals surface area contributed by atoms with Gasteiger partial charge in [-0.1, -0.05) is 88.7 Å². The van der Waals surface area contributed by atoms with Gasteiger partial charge in [-0.3, -0.25) is 38.4 Å². The van der Waals surface area contributed by atoms with E-state index in [4.69, 9.17) is 44.8 Å². The number of nitrogens with one attached hydrogen (secondary N) is 5. The maximum Gasteiger partial charge on any atom is 0.347 e. The predicted molar refractivity (Wildman–Crippen MR) is 327 cm³/mol. The number of rotatable bonds is 36. The molecule has 0 spiro atoms. The quantitative estimate of drug-likeness (QED) is 0.0275. The van der Waals surface area contributed by atoms with Crippen LogP contribution in [0.15, 0.2) is 54.6 Å². The van der Waals surface area contributed by atoms with E-state index in [1.54, 1.807) is 46.9 Å². The standard InChI is InChI=1S/C65H96ClN5O16/c1-41(2)36-54-63(79)85-53(14-11-16-57(76)70-50(38-46-19-18-43(5)49(66)37-46)62(78)69-40-65(7,8)64(80)86-54)44(6)60-61(87-60)47-23-20-45(21-24-47)22-26-51(72)48(39-52(73)59(42(3)4)71-58(77)17-12-15-55(74)67-9)25-27-56(75)68-28-13-29-82-32-33-84-35-34-83-31-30-81-10/h11,16,18-21,23-24,37,41-42,44,48,50,53-54,59-61H,12-15,17,22,25-36,38-40H2,1-10H3,(H,67,74)(H,68,75)(H,69,78)(H,70,76)(H,71,77)/b16-11+/t44-,48+,50+,53-,54-,59-,60+,61+/m0/s1. The molecule has 5 N–H and O–H groups in total. The third-order valence-electron chi connectivity index (χ3n) is 15.3. The zero-order valence-electron chi connectivity index (χ0n) is 52.7. The van der Waals surface area contributed by atoms with Crippen LogP contribution in [0.5, 0.6) is 0 Å². The predicted octanol–water partition coefficient (Wildman–Crippen LogP) is 6.54. The number of hydrogen-bond donors (Lipinski definition) is 5. The number of methoxy groups -OCH3 is 1. The summed E-state index contributed by atoms with van der Waals surface area (Å²) in [6, 6.07) is 11.1. The van der Waals surface area contributed by atoms with Gasteiger partial charge in [0.1, 0.15) is 24.0 Å². The Morgan fingerprint density at radius 2 is 1.44 bits per heavy atom. The highest BCUT2D eigenvalue weighted by Crippen LogP contribution is 2.45. The number of aryl methyl sites for hydroxylation is 2. The molecule has 2 aromatic rings. The summed E-state index contributed by atoms with van der Waals surface area (Å²) in [5, 5.41) is 14.3. The monoisotopic (exact) mass is 1240 g/mol. The van der Waals surface area contributed by atoms with Crippen molar-refractivity contribution in [2.75, 3.05) is 73.5 Å². The summed E-state index contributed by atoms with van der Waals surface area (Å²) >= 11 is 6.41. The van der Waals surface area contributed by atoms with Gasteiger partial charge in [-0.15, -0.1) is 0 Å². The summed E-state index contributed by atoms with van der Waals surface area (Å²) in [6.45, 7) is 17.7. The van der Waals surface area contributed by atoms with Crippen molar-refractivity contribution in [2.45, 2.75) is 169 Å². The van der Waals surface area contributed by atoms with Crippen LogP contribution in [0.2, 0.25) is 5.02 Å². The lowest BCUT2D eigenvalue weighted by Gasteiger charge is -2.29. The number of carbonyl (C=O) groups is 9. The van der Waals surface area contributed by atoms with Crippen molar-refractivity contribution in [3.8, 4) is 0 Å². The van der Waals surface area contributed by atoms with E-state index >= 15 is 0 Å². The Kier molecular flexibility index (Phi) is 32.3. The zero-order valence-corrected chi connectivity index (χ0v) is 53.5. The zero-order chi connectivity index (χ0) is 64.1. The smallest absolute Gasteiger partial charge is 0.347 e. The van der Waals surface area contributed by atoms with Crippen molar-refractivity contribution in [2.24, 2.45) is 29.1 Å². The number of esters is 2. The number of ether oxygens (including phenoxy) is 7. The molecule has 0 saturated carbocycles. The summed E-state index contributed by atoms with van der Waals surface area (Å²) in [5.74, 6) is -5.47. The van der Waals surface area contributed by atoms with Gasteiger partial charge in [-0.25, -0.2) is 4.79 Å². The Balaban J connectivity index is 1.43. The van der Waals surface area contributed by atoms with E-state index in [0.717, 1.165) is 16.7 Å². The van der Waals surface area contributed by atoms with Crippen molar-refractivity contribution < 1.29 is 76.3 Å². The number of amides is 5. The average molecular weight is 1240 g/mol. The molecule has 0 aromatic heterocycles. The highest BCUT2D eigenvalue weighted by molar-refractivity contribution is 6.31. The molecule has 0 aliphatic carbocycles. The number of halogens is 1. The van der Waals surface area contributed by atoms with Crippen LogP contribution in [0.1, 0.15) is 141 Å². The fraction of sp³-hybridized carbons (Fsp3) is 0.646. The normalized spacial score (nSPS) is 20.5. The first-order chi connectivity index (χ1) is 41.4. The van der Waals surface area contributed by atoms with Gasteiger partial charge >= 0.3 is 11.9 Å². The number of epoxide rings is 1. The highest BCUT2D eigenvalue weighted by atomic mass is 35.5. The van der Waals surface area contributed by atoms with Crippen LogP contribution in [-0.4, -0.2) is 157 Å². The van der Waals surface area contributed by atoms with Gasteiger partial charge in [0, 0.05) is 95.7 Å². The first kappa shape index (κ1) is 73.4. The Bertz CT molecular complexity index is 2590. The van der Waals surface area contributed by atoms with Gasteiger partial charge in [0.2, 0.25) is 29.5 Å². The summed E-state index contributed by atoms with van der Waals surface area (Å²) in [7, 11) is 3.13. The molecule has 22 heteroatoms. The Morgan fingerprint density at radius 3 is 2.08 bits per heavy atom. The van der Waals surface area contributed by atoms with Crippen molar-refractivity contribution >= 4 is 64.6 Å². The Labute approximate surface area is 518 Å². The molecule has 8 atom stereocenters. The van der Waals surface area contributed by atoms with E-state index in [1.165, 1.54) is 13.1 Å². The van der Waals surface area contributed by atoms with Crippen molar-refractivity contribution in [3.05, 3.63) is 81.9 Å². The van der Waals surface area contributed by atoms with Crippen LogP contribution in [0.3, 0.4) is 0 Å². The average Bonchev–Trinajstić information content (AvgIpc) is 1.71. The van der Waals surface area contributed by atoms with E-state index in [1.807, 2.05) is 64.1 Å². The van der Waals surface area contributed by atoms with E-state index in [0.29, 0.717) is 82.6 Å². The van der Waals surface area contributed by atoms with E-state index in [2.05, 4.69) is 26.6 Å². The molecule has 0 bridgehead atoms. The molecule has 4 rings (SSSR count). The molecule has 21 nitrogen and oxygen atoms in total. The minimum atomic E-state index is -1.27. The third-order valence-corrected chi connectivity index (χ3v) is 15.7. The van der Waals surface area contributed by atoms with Gasteiger partial charge in [-0.2, -0.15) is 0 Å². The van der Waals surface area contributed by atoms with Crippen LogP contribution < -0.4 is 26.6 Å². The van der Waals surface area contributed by atoms with Crippen molar-refractivity contribution in [1.82, 2.24) is 26.6 Å². The Hall–Kier alpha value is -6.10. The molecule has 2 aliphatic heterocycles. The summed E-state index contributed by atoms with van der Waals surface area (Å²) in [6.07, 6.45) is 1.80. The van der Waals surface area contributed by atoms with Crippen molar-refractivity contribution in [1.29, 1.82) is 0 Å². The van der Waals surface area contributed by atoms with Crippen LogP contribution in [0, 0.1) is 36.0 Å². The van der Waals surface area contributed by atoms with E-state index in [-0.39, 0.29) is 112 Å². The lowest BCUT2D eigenvalue weighted by molar-refractivity contribution is -0.179. The maximum atomic E-state index is 14.1. The van der Waals surface area contributed by atoms with Gasteiger partial charge < -0.3 is 59.7 Å². The summed E-state index contributed by atoms with van der Waals surface area (Å²) in [5.41, 5.74) is 1.98. The first-order valence-electron chi connectivity index (χ1n) is 30.6. The third kappa shape index (κ3) is 27.0. The molecule has 1 saturated heterocycles. The molecule has 5 amide bonds. The number of cyclic esters (lactones) is 2. The van der Waals surface area contributed by atoms with Crippen LogP contribution >= 0.6 is 11.6 Å². The fourth-order valence-corrected chi connectivity index (χ4v) is 9.92. The van der Waals surface area contributed by atoms with Gasteiger partial charge in [0.25, 0.3) is 0 Å². The topological polar surface area (TPSA) is 282 Å². The molecular weight excluding hydrogens is 1140 g/mol. The molecule has 1 fully saturated rings. The maximum absolute atomic E-state index is 14.1. The number of benzene rings is 2. The van der Waals surface area contributed by atoms with Gasteiger partial charge in [0.05, 0.1) is 57.2 Å². The Morgan fingerprint density at radius 1 is 0.782 bits per heavy atom. The summed E-state index contributed by atoms with van der Waals surface area (Å²) < 4.78 is 39.7. The van der Waals surface area contributed by atoms with Gasteiger partial charge in [-0.05, 0) is 99.1 Å². The lowest BCUT2D eigenvalue weighted by atomic mass is 9.85. The number of ketones is 2. The van der Waals surface area contributed by atoms with E-state index < -0.39 is 71.4 Å². The molecule has 484 valence electrons. The molecule has 87 heavy (non-hydrogen) atoms. The highest BCUT2D eigenvalue weighted by Gasteiger charge is 2.48. The second-order valence-corrected chi connectivity index (χ2v) is 24.3. The van der Waals surface area contributed by atoms with Crippen LogP contribution in [0.25, 0.3) is 0 Å². The second-order valence-electron chi connectivity index (χ2n) is 23.9.